The molecule has 0 aliphatic rings. The van der Waals surface area contributed by atoms with Gasteiger partial charge in [-0.3, -0.25) is 14.9 Å². The van der Waals surface area contributed by atoms with Crippen molar-refractivity contribution in [2.75, 3.05) is 17.7 Å². The average Bonchev–Trinajstić information content (AvgIpc) is 3.25. The molecule has 1 aromatic heterocycles. The van der Waals surface area contributed by atoms with Crippen molar-refractivity contribution in [2.45, 2.75) is 0 Å². The van der Waals surface area contributed by atoms with Crippen LogP contribution in [0.25, 0.3) is 11.0 Å². The highest BCUT2D eigenvalue weighted by atomic mass is 32.1. The molecule has 4 rings (SSSR count). The first-order valence-corrected chi connectivity index (χ1v) is 10.1. The molecule has 3 aromatic carbocycles. The predicted molar refractivity (Wildman–Crippen MR) is 127 cm³/mol. The van der Waals surface area contributed by atoms with Crippen molar-refractivity contribution >= 4 is 51.5 Å². The summed E-state index contributed by atoms with van der Waals surface area (Å²) in [7, 11) is 1.56. The first kappa shape index (κ1) is 21.1. The summed E-state index contributed by atoms with van der Waals surface area (Å²) in [4.78, 5) is 24.7. The molecule has 0 saturated heterocycles. The van der Waals surface area contributed by atoms with Crippen molar-refractivity contribution in [1.82, 2.24) is 5.32 Å². The van der Waals surface area contributed by atoms with Gasteiger partial charge in [0.05, 0.1) is 7.11 Å². The number of para-hydroxylation sites is 1. The van der Waals surface area contributed by atoms with E-state index in [1.165, 1.54) is 0 Å². The fourth-order valence-electron chi connectivity index (χ4n) is 3.00. The number of nitrogens with one attached hydrogen (secondary N) is 3. The lowest BCUT2D eigenvalue weighted by Crippen LogP contribution is -2.34. The van der Waals surface area contributed by atoms with E-state index in [2.05, 4.69) is 16.0 Å². The smallest absolute Gasteiger partial charge is 0.291 e. The second-order valence-corrected chi connectivity index (χ2v) is 7.22. The molecule has 2 amide bonds. The minimum absolute atomic E-state index is 0.157. The summed E-state index contributed by atoms with van der Waals surface area (Å²) >= 11 is 5.21. The molecule has 7 nitrogen and oxygen atoms in total. The first-order valence-electron chi connectivity index (χ1n) is 9.68. The molecular formula is C24H19N3O4S. The number of benzene rings is 3. The van der Waals surface area contributed by atoms with Gasteiger partial charge < -0.3 is 19.8 Å². The number of rotatable bonds is 5. The van der Waals surface area contributed by atoms with Crippen molar-refractivity contribution in [1.29, 1.82) is 0 Å². The Kier molecular flexibility index (Phi) is 6.14. The molecule has 0 radical (unpaired) electrons. The van der Waals surface area contributed by atoms with Gasteiger partial charge in [0.15, 0.2) is 10.9 Å². The number of hydrogen-bond donors (Lipinski definition) is 3. The highest BCUT2D eigenvalue weighted by Gasteiger charge is 2.13. The van der Waals surface area contributed by atoms with Crippen molar-refractivity contribution in [3.63, 3.8) is 0 Å². The van der Waals surface area contributed by atoms with E-state index >= 15 is 0 Å². The third-order valence-corrected chi connectivity index (χ3v) is 4.83. The number of carbonyl (C=O) groups excluding carboxylic acids is 2. The second kappa shape index (κ2) is 9.32. The van der Waals surface area contributed by atoms with Crippen LogP contribution in [0, 0.1) is 0 Å². The Morgan fingerprint density at radius 1 is 0.844 bits per heavy atom. The number of carbonyl (C=O) groups is 2. The lowest BCUT2D eigenvalue weighted by molar-refractivity contribution is 0.0975. The van der Waals surface area contributed by atoms with E-state index < -0.39 is 0 Å². The van der Waals surface area contributed by atoms with Crippen molar-refractivity contribution in [3.8, 4) is 5.75 Å². The fourth-order valence-corrected chi connectivity index (χ4v) is 3.21. The Bertz CT molecular complexity index is 1250. The van der Waals surface area contributed by atoms with Gasteiger partial charge in [0.2, 0.25) is 0 Å². The first-order chi connectivity index (χ1) is 15.5. The fraction of sp³-hybridized carbons (Fsp3) is 0.0417. The molecule has 0 unspecified atom stereocenters. The van der Waals surface area contributed by atoms with Crippen LogP contribution in [0.15, 0.2) is 83.3 Å². The largest absolute Gasteiger partial charge is 0.497 e. The molecule has 0 aliphatic heterocycles. The molecule has 0 spiro atoms. The molecule has 0 aliphatic carbocycles. The summed E-state index contributed by atoms with van der Waals surface area (Å²) in [5.41, 5.74) is 2.36. The van der Waals surface area contributed by atoms with E-state index in [4.69, 9.17) is 21.4 Å². The summed E-state index contributed by atoms with van der Waals surface area (Å²) < 4.78 is 10.7. The van der Waals surface area contributed by atoms with Crippen LogP contribution in [-0.2, 0) is 0 Å². The van der Waals surface area contributed by atoms with Crippen LogP contribution >= 0.6 is 12.2 Å². The zero-order valence-electron chi connectivity index (χ0n) is 17.0. The minimum atomic E-state index is -0.343. The molecule has 4 aromatic rings. The van der Waals surface area contributed by atoms with Gasteiger partial charge in [0, 0.05) is 22.3 Å². The lowest BCUT2D eigenvalue weighted by atomic mass is 10.2. The predicted octanol–water partition coefficient (Wildman–Crippen LogP) is 4.82. The quantitative estimate of drug-likeness (QED) is 0.382. The number of thiocarbonyl (C=S) groups is 1. The molecule has 0 fully saturated rings. The molecule has 1 heterocycles. The molecule has 32 heavy (non-hydrogen) atoms. The number of fused-ring (bicyclic) bond motifs is 1. The highest BCUT2D eigenvalue weighted by molar-refractivity contribution is 7.80. The summed E-state index contributed by atoms with van der Waals surface area (Å²) in [6.07, 6.45) is 0. The maximum absolute atomic E-state index is 12.4. The normalized spacial score (nSPS) is 10.4. The molecule has 8 heteroatoms. The molecule has 160 valence electrons. The van der Waals surface area contributed by atoms with Crippen LogP contribution in [0.5, 0.6) is 5.75 Å². The van der Waals surface area contributed by atoms with Gasteiger partial charge in [-0.1, -0.05) is 18.2 Å². The van der Waals surface area contributed by atoms with Gasteiger partial charge >= 0.3 is 0 Å². The zero-order valence-corrected chi connectivity index (χ0v) is 17.9. The molecule has 0 saturated carbocycles. The van der Waals surface area contributed by atoms with E-state index in [0.29, 0.717) is 28.3 Å². The number of methoxy groups -OCH3 is 1. The van der Waals surface area contributed by atoms with Crippen LogP contribution in [-0.4, -0.2) is 24.0 Å². The minimum Gasteiger partial charge on any atom is -0.497 e. The standard InChI is InChI=1S/C24H19N3O4S/c1-30-19-12-6-15(7-13-19)22(28)27-24(32)26-18-10-8-17(9-11-18)25-23(29)21-14-16-4-2-3-5-20(16)31-21/h2-14H,1H3,(H,25,29)(H2,26,27,28,32). The number of anilines is 2. The van der Waals surface area contributed by atoms with Gasteiger partial charge in [-0.05, 0) is 72.9 Å². The number of hydrogen-bond acceptors (Lipinski definition) is 5. The Balaban J connectivity index is 1.33. The summed E-state index contributed by atoms with van der Waals surface area (Å²) in [5, 5.41) is 9.37. The van der Waals surface area contributed by atoms with E-state index in [1.54, 1.807) is 61.7 Å². The Morgan fingerprint density at radius 3 is 2.16 bits per heavy atom. The van der Waals surface area contributed by atoms with Crippen molar-refractivity contribution < 1.29 is 18.7 Å². The van der Waals surface area contributed by atoms with Crippen LogP contribution in [0.1, 0.15) is 20.9 Å². The van der Waals surface area contributed by atoms with Crippen molar-refractivity contribution in [3.05, 3.63) is 90.2 Å². The number of amides is 2. The van der Waals surface area contributed by atoms with Gasteiger partial charge in [-0.2, -0.15) is 0 Å². The summed E-state index contributed by atoms with van der Waals surface area (Å²) in [5.74, 6) is 0.217. The zero-order chi connectivity index (χ0) is 22.5. The maximum Gasteiger partial charge on any atom is 0.291 e. The SMILES string of the molecule is COc1ccc(C(=O)NC(=S)Nc2ccc(NC(=O)c3cc4ccccc4o3)cc2)cc1. The Morgan fingerprint density at radius 2 is 1.50 bits per heavy atom. The van der Waals surface area contributed by atoms with Crippen LogP contribution in [0.2, 0.25) is 0 Å². The third kappa shape index (κ3) is 4.93. The molecule has 3 N–H and O–H groups in total. The topological polar surface area (TPSA) is 92.6 Å². The summed E-state index contributed by atoms with van der Waals surface area (Å²) in [6.45, 7) is 0. The van der Waals surface area contributed by atoms with Crippen LogP contribution < -0.4 is 20.7 Å². The van der Waals surface area contributed by atoms with Crippen LogP contribution in [0.4, 0.5) is 11.4 Å². The Hall–Kier alpha value is -4.17. The van der Waals surface area contributed by atoms with E-state index in [0.717, 1.165) is 5.39 Å². The summed E-state index contributed by atoms with van der Waals surface area (Å²) in [6, 6.07) is 22.7. The molecule has 0 atom stereocenters. The van der Waals surface area contributed by atoms with Gasteiger partial charge in [-0.25, -0.2) is 0 Å². The van der Waals surface area contributed by atoms with Gasteiger partial charge in [-0.15, -0.1) is 0 Å². The van der Waals surface area contributed by atoms with Crippen LogP contribution in [0.3, 0.4) is 0 Å². The van der Waals surface area contributed by atoms with Crippen molar-refractivity contribution in [2.24, 2.45) is 0 Å². The second-order valence-electron chi connectivity index (χ2n) is 6.82. The Labute approximate surface area is 189 Å². The van der Waals surface area contributed by atoms with Gasteiger partial charge in [0.25, 0.3) is 11.8 Å². The van der Waals surface area contributed by atoms with E-state index in [-0.39, 0.29) is 22.7 Å². The van der Waals surface area contributed by atoms with Gasteiger partial charge in [0.1, 0.15) is 11.3 Å². The number of furan rings is 1. The highest BCUT2D eigenvalue weighted by Crippen LogP contribution is 2.20. The maximum atomic E-state index is 12.4. The molecular weight excluding hydrogens is 426 g/mol. The monoisotopic (exact) mass is 445 g/mol. The van der Waals surface area contributed by atoms with E-state index in [9.17, 15) is 9.59 Å². The van der Waals surface area contributed by atoms with E-state index in [1.807, 2.05) is 24.3 Å². The average molecular weight is 446 g/mol. The lowest BCUT2D eigenvalue weighted by Gasteiger charge is -2.11. The third-order valence-electron chi connectivity index (χ3n) is 4.63. The molecule has 0 bridgehead atoms. The number of ether oxygens (including phenoxy) is 1.